The summed E-state index contributed by atoms with van der Waals surface area (Å²) < 4.78 is 36.5. The van der Waals surface area contributed by atoms with E-state index in [4.69, 9.17) is 22.3 Å². The van der Waals surface area contributed by atoms with Crippen LogP contribution in [0.1, 0.15) is 0 Å². The van der Waals surface area contributed by atoms with E-state index in [-0.39, 0.29) is 5.48 Å². The van der Waals surface area contributed by atoms with Crippen LogP contribution in [0.4, 0.5) is 0 Å². The van der Waals surface area contributed by atoms with Crippen molar-refractivity contribution >= 4 is 10.4 Å². The van der Waals surface area contributed by atoms with E-state index in [2.05, 4.69) is 26.3 Å². The van der Waals surface area contributed by atoms with Gasteiger partial charge in [-0.2, -0.15) is 8.42 Å². The Kier molecular flexibility index (Phi) is 29.5. The lowest BCUT2D eigenvalue weighted by Crippen LogP contribution is -1.89. The third kappa shape index (κ3) is 174. The van der Waals surface area contributed by atoms with E-state index in [0.717, 1.165) is 0 Å². The maximum absolute atomic E-state index is 8.74. The van der Waals surface area contributed by atoms with Crippen molar-refractivity contribution in [2.24, 2.45) is 0 Å². The summed E-state index contributed by atoms with van der Waals surface area (Å²) in [5.74, 6) is 0. The van der Waals surface area contributed by atoms with Crippen LogP contribution in [0.3, 0.4) is 0 Å². The fourth-order valence-electron chi connectivity index (χ4n) is 0.235. The third-order valence-corrected chi connectivity index (χ3v) is 0.471. The highest BCUT2D eigenvalue weighted by Crippen LogP contribution is 1.72. The van der Waals surface area contributed by atoms with Crippen molar-refractivity contribution < 1.29 is 27.7 Å². The lowest BCUT2D eigenvalue weighted by atomic mass is 10.6. The summed E-state index contributed by atoms with van der Waals surface area (Å²) in [6.07, 6.45) is 3.42. The number of rotatable bonds is 4. The van der Waals surface area contributed by atoms with Crippen LogP contribution >= 0.6 is 0 Å². The third-order valence-electron chi connectivity index (χ3n) is 0.471. The molecule has 92 valence electrons. The smallest absolute Gasteiger partial charge is 0.394 e. The molecule has 0 rings (SSSR count). The van der Waals surface area contributed by atoms with Crippen LogP contribution in [0, 0.1) is 0 Å². The summed E-state index contributed by atoms with van der Waals surface area (Å²) in [6.45, 7) is 14.2. The van der Waals surface area contributed by atoms with Crippen molar-refractivity contribution in [1.29, 1.82) is 0 Å². The molecule has 0 atom stereocenters. The van der Waals surface area contributed by atoms with E-state index in [9.17, 15) is 0 Å². The highest BCUT2D eigenvalue weighted by atomic mass is 32.3. The SMILES string of the molecule is C=C.C=CCOCC=C.O.O=S(=O)(O)O. The van der Waals surface area contributed by atoms with E-state index in [1.807, 2.05) is 0 Å². The molecule has 0 amide bonds. The van der Waals surface area contributed by atoms with Gasteiger partial charge in [-0.1, -0.05) is 12.2 Å². The van der Waals surface area contributed by atoms with Crippen LogP contribution in [-0.2, 0) is 15.1 Å². The molecule has 0 aromatic carbocycles. The molecule has 0 aliphatic heterocycles. The Morgan fingerprint density at radius 3 is 1.40 bits per heavy atom. The predicted octanol–water partition coefficient (Wildman–Crippen LogP) is 0.700. The zero-order valence-corrected chi connectivity index (χ0v) is 9.24. The molecule has 15 heavy (non-hydrogen) atoms. The van der Waals surface area contributed by atoms with Gasteiger partial charge in [0.2, 0.25) is 0 Å². The Balaban J connectivity index is -0.0000000675. The van der Waals surface area contributed by atoms with Gasteiger partial charge in [0.05, 0.1) is 13.2 Å². The lowest BCUT2D eigenvalue weighted by Gasteiger charge is -1.89. The molecule has 0 aromatic heterocycles. The van der Waals surface area contributed by atoms with E-state index in [0.29, 0.717) is 13.2 Å². The predicted molar refractivity (Wildman–Crippen MR) is 60.3 cm³/mol. The topological polar surface area (TPSA) is 115 Å². The van der Waals surface area contributed by atoms with Crippen LogP contribution in [0.2, 0.25) is 0 Å². The summed E-state index contributed by atoms with van der Waals surface area (Å²) in [5, 5.41) is 0. The van der Waals surface area contributed by atoms with Crippen LogP contribution in [0.15, 0.2) is 38.5 Å². The van der Waals surface area contributed by atoms with Crippen molar-refractivity contribution in [3.8, 4) is 0 Å². The Morgan fingerprint density at radius 2 is 1.27 bits per heavy atom. The van der Waals surface area contributed by atoms with E-state index in [1.54, 1.807) is 12.2 Å². The van der Waals surface area contributed by atoms with Gasteiger partial charge in [0.15, 0.2) is 0 Å². The highest BCUT2D eigenvalue weighted by molar-refractivity contribution is 7.79. The normalized spacial score (nSPS) is 7.87. The minimum Gasteiger partial charge on any atom is -0.412 e. The molecular weight excluding hydrogens is 224 g/mol. The molecule has 7 heteroatoms. The zero-order chi connectivity index (χ0) is 12.0. The van der Waals surface area contributed by atoms with Gasteiger partial charge in [-0.25, -0.2) is 0 Å². The van der Waals surface area contributed by atoms with Crippen molar-refractivity contribution in [1.82, 2.24) is 0 Å². The zero-order valence-electron chi connectivity index (χ0n) is 8.42. The molecule has 0 heterocycles. The van der Waals surface area contributed by atoms with Crippen molar-refractivity contribution in [3.63, 3.8) is 0 Å². The monoisotopic (exact) mass is 242 g/mol. The Morgan fingerprint density at radius 1 is 1.07 bits per heavy atom. The van der Waals surface area contributed by atoms with Gasteiger partial charge in [0, 0.05) is 0 Å². The van der Waals surface area contributed by atoms with Gasteiger partial charge in [-0.05, 0) is 0 Å². The average molecular weight is 242 g/mol. The molecule has 0 fully saturated rings. The minimum atomic E-state index is -4.67. The molecule has 0 aliphatic rings. The van der Waals surface area contributed by atoms with Gasteiger partial charge in [-0.15, -0.1) is 26.3 Å². The average Bonchev–Trinajstić information content (AvgIpc) is 2.06. The summed E-state index contributed by atoms with van der Waals surface area (Å²) in [6, 6.07) is 0. The van der Waals surface area contributed by atoms with Crippen molar-refractivity contribution in [3.05, 3.63) is 38.5 Å². The molecular formula is C8H18O6S. The summed E-state index contributed by atoms with van der Waals surface area (Å²) in [5.41, 5.74) is 0. The molecule has 0 saturated heterocycles. The number of ether oxygens (including phenoxy) is 1. The molecule has 0 radical (unpaired) electrons. The van der Waals surface area contributed by atoms with Crippen LogP contribution in [0.5, 0.6) is 0 Å². The molecule has 0 bridgehead atoms. The minimum absolute atomic E-state index is 0. The largest absolute Gasteiger partial charge is 0.412 e. The first-order valence-electron chi connectivity index (χ1n) is 3.41. The van der Waals surface area contributed by atoms with Gasteiger partial charge in [0.1, 0.15) is 0 Å². The Bertz CT molecular complexity index is 205. The molecule has 0 aliphatic carbocycles. The molecule has 4 N–H and O–H groups in total. The molecule has 6 nitrogen and oxygen atoms in total. The maximum atomic E-state index is 8.74. The molecule has 0 unspecified atom stereocenters. The summed E-state index contributed by atoms with van der Waals surface area (Å²) in [7, 11) is -4.67. The first kappa shape index (κ1) is 23.7. The van der Waals surface area contributed by atoms with Crippen LogP contribution in [-0.4, -0.2) is 36.2 Å². The first-order valence-corrected chi connectivity index (χ1v) is 4.81. The summed E-state index contributed by atoms with van der Waals surface area (Å²) in [4.78, 5) is 0. The van der Waals surface area contributed by atoms with Crippen LogP contribution < -0.4 is 0 Å². The Hall–Kier alpha value is -0.990. The van der Waals surface area contributed by atoms with E-state index >= 15 is 0 Å². The van der Waals surface area contributed by atoms with Crippen molar-refractivity contribution in [2.45, 2.75) is 0 Å². The number of hydrogen-bond acceptors (Lipinski definition) is 3. The second kappa shape index (κ2) is 18.7. The second-order valence-electron chi connectivity index (χ2n) is 1.56. The fourth-order valence-corrected chi connectivity index (χ4v) is 0.235. The number of hydrogen-bond donors (Lipinski definition) is 2. The Labute approximate surface area is 90.5 Å². The molecule has 0 spiro atoms. The maximum Gasteiger partial charge on any atom is 0.394 e. The highest BCUT2D eigenvalue weighted by Gasteiger charge is 1.84. The molecule has 0 saturated carbocycles. The summed E-state index contributed by atoms with van der Waals surface area (Å²) >= 11 is 0. The van der Waals surface area contributed by atoms with Crippen molar-refractivity contribution in [2.75, 3.05) is 13.2 Å². The lowest BCUT2D eigenvalue weighted by molar-refractivity contribution is 0.194. The van der Waals surface area contributed by atoms with E-state index in [1.165, 1.54) is 0 Å². The molecule has 0 aromatic rings. The quantitative estimate of drug-likeness (QED) is 0.427. The van der Waals surface area contributed by atoms with Gasteiger partial charge in [0.25, 0.3) is 0 Å². The van der Waals surface area contributed by atoms with E-state index < -0.39 is 10.4 Å². The van der Waals surface area contributed by atoms with Gasteiger partial charge >= 0.3 is 10.4 Å². The standard InChI is InChI=1S/C6H10O.C2H4.H2O4S.H2O/c1-3-5-7-6-4-2;1-2;1-5(2,3)4;/h3-4H,1-2,5-6H2;1-2H2;(H2,1,2,3,4);1H2. The second-order valence-corrected chi connectivity index (χ2v) is 2.46. The van der Waals surface area contributed by atoms with Gasteiger partial charge in [-0.3, -0.25) is 9.11 Å². The fraction of sp³-hybridized carbons (Fsp3) is 0.250. The van der Waals surface area contributed by atoms with Crippen LogP contribution in [0.25, 0.3) is 0 Å². The first-order chi connectivity index (χ1) is 6.41. The van der Waals surface area contributed by atoms with Gasteiger partial charge < -0.3 is 10.2 Å².